The molecule has 0 spiro atoms. The zero-order chi connectivity index (χ0) is 15.0. The van der Waals surface area contributed by atoms with Crippen LogP contribution in [0.4, 0.5) is 14.6 Å². The van der Waals surface area contributed by atoms with Crippen LogP contribution in [-0.4, -0.2) is 16.3 Å². The smallest absolute Gasteiger partial charge is 0.139 e. The minimum Gasteiger partial charge on any atom is -0.369 e. The van der Waals surface area contributed by atoms with Gasteiger partial charge in [-0.3, -0.25) is 0 Å². The number of hydrogen-bond acceptors (Lipinski definition) is 2. The number of anilines is 1. The van der Waals surface area contributed by atoms with E-state index in [1.54, 1.807) is 0 Å². The molecule has 0 radical (unpaired) electrons. The van der Waals surface area contributed by atoms with Gasteiger partial charge in [0.25, 0.3) is 0 Å². The highest BCUT2D eigenvalue weighted by atomic mass is 79.9. The summed E-state index contributed by atoms with van der Waals surface area (Å²) in [5, 5.41) is 7.91. The third kappa shape index (κ3) is 2.57. The van der Waals surface area contributed by atoms with Crippen LogP contribution in [0.3, 0.4) is 0 Å². The van der Waals surface area contributed by atoms with Gasteiger partial charge in [-0.2, -0.15) is 5.10 Å². The van der Waals surface area contributed by atoms with Crippen molar-refractivity contribution >= 4 is 21.7 Å². The first-order valence-corrected chi connectivity index (χ1v) is 7.86. The van der Waals surface area contributed by atoms with Gasteiger partial charge in [0.2, 0.25) is 0 Å². The fraction of sp³-hybridized carbons (Fsp3) is 0.400. The average molecular weight is 356 g/mol. The molecule has 2 aromatic rings. The van der Waals surface area contributed by atoms with Crippen molar-refractivity contribution in [2.24, 2.45) is 0 Å². The topological polar surface area (TPSA) is 29.9 Å². The van der Waals surface area contributed by atoms with Crippen molar-refractivity contribution in [1.82, 2.24) is 9.78 Å². The predicted molar refractivity (Wildman–Crippen MR) is 81.5 cm³/mol. The van der Waals surface area contributed by atoms with Crippen molar-refractivity contribution in [3.63, 3.8) is 0 Å². The molecule has 0 aliphatic carbocycles. The number of rotatable bonds is 3. The summed E-state index contributed by atoms with van der Waals surface area (Å²) < 4.78 is 29.9. The van der Waals surface area contributed by atoms with Gasteiger partial charge in [0, 0.05) is 18.2 Å². The van der Waals surface area contributed by atoms with Gasteiger partial charge in [-0.15, -0.1) is 0 Å². The van der Waals surface area contributed by atoms with E-state index in [4.69, 9.17) is 0 Å². The van der Waals surface area contributed by atoms with Crippen molar-refractivity contribution in [2.75, 3.05) is 11.9 Å². The second kappa shape index (κ2) is 5.75. The maximum Gasteiger partial charge on any atom is 0.139 e. The van der Waals surface area contributed by atoms with Gasteiger partial charge >= 0.3 is 0 Å². The summed E-state index contributed by atoms with van der Waals surface area (Å²) in [7, 11) is 0. The van der Waals surface area contributed by atoms with Crippen LogP contribution in [0.1, 0.15) is 37.1 Å². The Kier molecular flexibility index (Phi) is 3.97. The van der Waals surface area contributed by atoms with Crippen LogP contribution in [-0.2, 0) is 6.42 Å². The quantitative estimate of drug-likeness (QED) is 0.890. The molecule has 0 amide bonds. The van der Waals surface area contributed by atoms with Gasteiger partial charge < -0.3 is 5.32 Å². The standard InChI is InChI=1S/C15H16BrF2N3/c1-2-3-12-14(16)15-19-7-6-13(21(15)20-12)10-5-4-9(17)8-11(10)18/h4-5,8,13,19H,2-3,6-7H2,1H3. The van der Waals surface area contributed by atoms with Gasteiger partial charge in [-0.25, -0.2) is 13.5 Å². The summed E-state index contributed by atoms with van der Waals surface area (Å²) in [6.07, 6.45) is 2.57. The van der Waals surface area contributed by atoms with Gasteiger partial charge in [-0.1, -0.05) is 19.4 Å². The largest absolute Gasteiger partial charge is 0.369 e. The second-order valence-electron chi connectivity index (χ2n) is 5.20. The van der Waals surface area contributed by atoms with Crippen LogP contribution in [0, 0.1) is 11.6 Å². The van der Waals surface area contributed by atoms with Crippen LogP contribution < -0.4 is 5.32 Å². The molecule has 1 N–H and O–H groups in total. The molecular weight excluding hydrogens is 340 g/mol. The van der Waals surface area contributed by atoms with E-state index in [0.29, 0.717) is 5.56 Å². The highest BCUT2D eigenvalue weighted by Gasteiger charge is 2.28. The zero-order valence-electron chi connectivity index (χ0n) is 11.7. The molecule has 1 aliphatic rings. The van der Waals surface area contributed by atoms with Crippen LogP contribution in [0.15, 0.2) is 22.7 Å². The first-order chi connectivity index (χ1) is 10.1. The normalized spacial score (nSPS) is 17.4. The van der Waals surface area contributed by atoms with Crippen molar-refractivity contribution in [2.45, 2.75) is 32.2 Å². The van der Waals surface area contributed by atoms with E-state index in [9.17, 15) is 8.78 Å². The van der Waals surface area contributed by atoms with Crippen molar-refractivity contribution in [3.05, 3.63) is 45.6 Å². The summed E-state index contributed by atoms with van der Waals surface area (Å²) in [5.41, 5.74) is 1.45. The van der Waals surface area contributed by atoms with Crippen LogP contribution in [0.5, 0.6) is 0 Å². The number of benzene rings is 1. The van der Waals surface area contributed by atoms with Gasteiger partial charge in [0.05, 0.1) is 16.2 Å². The van der Waals surface area contributed by atoms with Crippen molar-refractivity contribution in [1.29, 1.82) is 0 Å². The third-order valence-corrected chi connectivity index (χ3v) is 4.57. The Morgan fingerprint density at radius 3 is 2.95 bits per heavy atom. The predicted octanol–water partition coefficient (Wildman–Crippen LogP) is 4.28. The van der Waals surface area contributed by atoms with Crippen LogP contribution in [0.25, 0.3) is 0 Å². The van der Waals surface area contributed by atoms with Crippen molar-refractivity contribution < 1.29 is 8.78 Å². The molecule has 1 aromatic heterocycles. The molecule has 3 rings (SSSR count). The number of halogens is 3. The van der Waals surface area contributed by atoms with E-state index in [-0.39, 0.29) is 6.04 Å². The summed E-state index contributed by atoms with van der Waals surface area (Å²) >= 11 is 3.57. The van der Waals surface area contributed by atoms with E-state index < -0.39 is 11.6 Å². The maximum atomic E-state index is 14.1. The number of aryl methyl sites for hydroxylation is 1. The molecule has 0 fully saturated rings. The average Bonchev–Trinajstić information content (AvgIpc) is 2.77. The Morgan fingerprint density at radius 1 is 1.43 bits per heavy atom. The molecule has 112 valence electrons. The summed E-state index contributed by atoms with van der Waals surface area (Å²) in [4.78, 5) is 0. The first-order valence-electron chi connectivity index (χ1n) is 7.07. The fourth-order valence-electron chi connectivity index (χ4n) is 2.75. The molecule has 1 aromatic carbocycles. The minimum atomic E-state index is -0.557. The fourth-order valence-corrected chi connectivity index (χ4v) is 3.35. The molecule has 1 unspecified atom stereocenters. The Morgan fingerprint density at radius 2 is 2.24 bits per heavy atom. The van der Waals surface area contributed by atoms with Gasteiger partial charge in [-0.05, 0) is 34.8 Å². The van der Waals surface area contributed by atoms with Crippen LogP contribution in [0.2, 0.25) is 0 Å². The molecular formula is C15H16BrF2N3. The van der Waals surface area contributed by atoms with Gasteiger partial charge in [0.15, 0.2) is 0 Å². The molecule has 6 heteroatoms. The van der Waals surface area contributed by atoms with E-state index in [0.717, 1.165) is 47.9 Å². The minimum absolute atomic E-state index is 0.205. The Bertz CT molecular complexity index is 669. The molecule has 0 saturated carbocycles. The zero-order valence-corrected chi connectivity index (χ0v) is 13.3. The maximum absolute atomic E-state index is 14.1. The number of nitrogens with one attached hydrogen (secondary N) is 1. The second-order valence-corrected chi connectivity index (χ2v) is 5.99. The lowest BCUT2D eigenvalue weighted by Crippen LogP contribution is -2.25. The van der Waals surface area contributed by atoms with E-state index in [1.807, 2.05) is 4.68 Å². The number of fused-ring (bicyclic) bond motifs is 1. The summed E-state index contributed by atoms with van der Waals surface area (Å²) in [6.45, 7) is 2.83. The van der Waals surface area contributed by atoms with E-state index in [1.165, 1.54) is 12.1 Å². The molecule has 1 atom stereocenters. The number of hydrogen-bond donors (Lipinski definition) is 1. The lowest BCUT2D eigenvalue weighted by Gasteiger charge is -2.26. The van der Waals surface area contributed by atoms with Crippen molar-refractivity contribution in [3.8, 4) is 0 Å². The molecule has 0 saturated heterocycles. The Labute approximate surface area is 130 Å². The third-order valence-electron chi connectivity index (χ3n) is 3.73. The molecule has 21 heavy (non-hydrogen) atoms. The molecule has 0 bridgehead atoms. The monoisotopic (exact) mass is 355 g/mol. The van der Waals surface area contributed by atoms with E-state index >= 15 is 0 Å². The van der Waals surface area contributed by atoms with Gasteiger partial charge in [0.1, 0.15) is 17.5 Å². The lowest BCUT2D eigenvalue weighted by atomic mass is 10.0. The first kappa shape index (κ1) is 14.5. The highest BCUT2D eigenvalue weighted by Crippen LogP contribution is 2.37. The lowest BCUT2D eigenvalue weighted by molar-refractivity contribution is 0.452. The summed E-state index contributed by atoms with van der Waals surface area (Å²) in [6, 6.07) is 3.54. The highest BCUT2D eigenvalue weighted by molar-refractivity contribution is 9.10. The number of nitrogens with zero attached hydrogens (tertiary/aromatic N) is 2. The molecule has 2 heterocycles. The van der Waals surface area contributed by atoms with E-state index in [2.05, 4.69) is 33.3 Å². The summed E-state index contributed by atoms with van der Waals surface area (Å²) in [5.74, 6) is -0.200. The SMILES string of the molecule is CCCc1nn2c(c1Br)NCCC2c1ccc(F)cc1F. The molecule has 3 nitrogen and oxygen atoms in total. The number of aromatic nitrogens is 2. The van der Waals surface area contributed by atoms with Crippen LogP contribution >= 0.6 is 15.9 Å². The Hall–Kier alpha value is -1.43. The molecule has 1 aliphatic heterocycles. The Balaban J connectivity index is 2.06.